The van der Waals surface area contributed by atoms with E-state index in [2.05, 4.69) is 11.5 Å². The second-order valence-electron chi connectivity index (χ2n) is 4.21. The largest absolute Gasteiger partial charge is 0.496 e. The Bertz CT molecular complexity index is 549. The zero-order valence-corrected chi connectivity index (χ0v) is 11.4. The van der Waals surface area contributed by atoms with Gasteiger partial charge in [-0.3, -0.25) is 0 Å². The molecular weight excluding hydrogens is 248 g/mol. The third-order valence-electron chi connectivity index (χ3n) is 3.15. The van der Waals surface area contributed by atoms with Crippen molar-refractivity contribution in [2.24, 2.45) is 5.73 Å². The molecule has 0 fully saturated rings. The molecule has 4 heteroatoms. The van der Waals surface area contributed by atoms with E-state index in [0.29, 0.717) is 6.54 Å². The smallest absolute Gasteiger partial charge is 0.123 e. The summed E-state index contributed by atoms with van der Waals surface area (Å²) in [6, 6.07) is 7.70. The van der Waals surface area contributed by atoms with E-state index in [1.807, 2.05) is 30.5 Å². The van der Waals surface area contributed by atoms with Crippen molar-refractivity contribution in [3.05, 3.63) is 52.3 Å². The van der Waals surface area contributed by atoms with Gasteiger partial charge in [0.2, 0.25) is 0 Å². The van der Waals surface area contributed by atoms with Crippen molar-refractivity contribution in [1.82, 2.24) is 4.57 Å². The fraction of sp³-hybridized carbons (Fsp3) is 0.286. The Labute approximate surface area is 112 Å². The van der Waals surface area contributed by atoms with Crippen LogP contribution in [0.1, 0.15) is 16.8 Å². The molecule has 0 aliphatic rings. The van der Waals surface area contributed by atoms with Gasteiger partial charge in [0, 0.05) is 29.0 Å². The summed E-state index contributed by atoms with van der Waals surface area (Å²) in [4.78, 5) is 0. The van der Waals surface area contributed by atoms with E-state index in [1.165, 1.54) is 5.69 Å². The summed E-state index contributed by atoms with van der Waals surface area (Å²) < 4.78 is 7.50. The minimum absolute atomic E-state index is 0.561. The molecule has 2 aromatic rings. The molecule has 18 heavy (non-hydrogen) atoms. The maximum atomic E-state index is 6.03. The highest BCUT2D eigenvalue weighted by Gasteiger charge is 2.08. The van der Waals surface area contributed by atoms with Gasteiger partial charge in [0.25, 0.3) is 0 Å². The molecule has 0 saturated carbocycles. The zero-order chi connectivity index (χ0) is 13.1. The van der Waals surface area contributed by atoms with Crippen LogP contribution in [0.2, 0.25) is 5.02 Å². The number of benzene rings is 1. The number of ether oxygens (including phenoxy) is 1. The SMILES string of the molecule is COc1ccc(Cl)cc1Cn1ccc(CN)c1C. The zero-order valence-electron chi connectivity index (χ0n) is 10.6. The Morgan fingerprint density at radius 2 is 2.06 bits per heavy atom. The van der Waals surface area contributed by atoms with E-state index in [9.17, 15) is 0 Å². The van der Waals surface area contributed by atoms with E-state index in [4.69, 9.17) is 22.1 Å². The molecule has 0 aliphatic heterocycles. The van der Waals surface area contributed by atoms with Gasteiger partial charge in [-0.1, -0.05) is 11.6 Å². The molecule has 1 aromatic heterocycles. The van der Waals surface area contributed by atoms with Crippen molar-refractivity contribution in [3.8, 4) is 5.75 Å². The lowest BCUT2D eigenvalue weighted by Gasteiger charge is -2.12. The van der Waals surface area contributed by atoms with Crippen molar-refractivity contribution in [1.29, 1.82) is 0 Å². The minimum Gasteiger partial charge on any atom is -0.496 e. The average molecular weight is 265 g/mol. The van der Waals surface area contributed by atoms with Gasteiger partial charge in [0.05, 0.1) is 13.7 Å². The van der Waals surface area contributed by atoms with Crippen LogP contribution in [-0.4, -0.2) is 11.7 Å². The highest BCUT2D eigenvalue weighted by atomic mass is 35.5. The lowest BCUT2D eigenvalue weighted by atomic mass is 10.2. The number of nitrogens with zero attached hydrogens (tertiary/aromatic N) is 1. The molecule has 2 N–H and O–H groups in total. The first kappa shape index (κ1) is 13.0. The number of hydrogen-bond acceptors (Lipinski definition) is 2. The second kappa shape index (κ2) is 5.46. The van der Waals surface area contributed by atoms with Gasteiger partial charge in [-0.15, -0.1) is 0 Å². The van der Waals surface area contributed by atoms with Crippen LogP contribution >= 0.6 is 11.6 Å². The molecule has 2 rings (SSSR count). The monoisotopic (exact) mass is 264 g/mol. The molecule has 0 atom stereocenters. The topological polar surface area (TPSA) is 40.2 Å². The first-order valence-corrected chi connectivity index (χ1v) is 6.20. The predicted molar refractivity (Wildman–Crippen MR) is 74.2 cm³/mol. The summed E-state index contributed by atoms with van der Waals surface area (Å²) in [7, 11) is 1.67. The lowest BCUT2D eigenvalue weighted by molar-refractivity contribution is 0.408. The minimum atomic E-state index is 0.561. The van der Waals surface area contributed by atoms with Gasteiger partial charge in [-0.2, -0.15) is 0 Å². The Kier molecular flexibility index (Phi) is 3.94. The van der Waals surface area contributed by atoms with E-state index in [1.54, 1.807) is 7.11 Å². The molecule has 0 amide bonds. The summed E-state index contributed by atoms with van der Waals surface area (Å²) in [5.41, 5.74) is 9.08. The van der Waals surface area contributed by atoms with E-state index >= 15 is 0 Å². The van der Waals surface area contributed by atoms with Gasteiger partial charge in [0.1, 0.15) is 5.75 Å². The van der Waals surface area contributed by atoms with Crippen LogP contribution in [-0.2, 0) is 13.1 Å². The standard InChI is InChI=1S/C14H17ClN2O/c1-10-11(8-16)5-6-17(10)9-12-7-13(15)3-4-14(12)18-2/h3-7H,8-9,16H2,1-2H3. The molecule has 1 heterocycles. The summed E-state index contributed by atoms with van der Waals surface area (Å²) in [6.07, 6.45) is 2.04. The number of halogens is 1. The number of hydrogen-bond donors (Lipinski definition) is 1. The van der Waals surface area contributed by atoms with Gasteiger partial charge >= 0.3 is 0 Å². The van der Waals surface area contributed by atoms with Crippen molar-refractivity contribution in [2.75, 3.05) is 7.11 Å². The lowest BCUT2D eigenvalue weighted by Crippen LogP contribution is -2.04. The molecule has 0 radical (unpaired) electrons. The van der Waals surface area contributed by atoms with Crippen LogP contribution in [0.15, 0.2) is 30.5 Å². The number of rotatable bonds is 4. The van der Waals surface area contributed by atoms with Crippen molar-refractivity contribution >= 4 is 11.6 Å². The Morgan fingerprint density at radius 1 is 1.28 bits per heavy atom. The van der Waals surface area contributed by atoms with E-state index in [-0.39, 0.29) is 0 Å². The molecular formula is C14H17ClN2O. The van der Waals surface area contributed by atoms with Crippen LogP contribution in [0.5, 0.6) is 5.75 Å². The van der Waals surface area contributed by atoms with Crippen LogP contribution in [0.4, 0.5) is 0 Å². The van der Waals surface area contributed by atoms with Crippen LogP contribution < -0.4 is 10.5 Å². The third-order valence-corrected chi connectivity index (χ3v) is 3.39. The summed E-state index contributed by atoms with van der Waals surface area (Å²) in [5.74, 6) is 0.849. The quantitative estimate of drug-likeness (QED) is 0.922. The van der Waals surface area contributed by atoms with Gasteiger partial charge in [-0.25, -0.2) is 0 Å². The number of aromatic nitrogens is 1. The Morgan fingerprint density at radius 3 is 2.67 bits per heavy atom. The summed E-state index contributed by atoms with van der Waals surface area (Å²) in [5, 5.41) is 0.717. The first-order chi connectivity index (χ1) is 8.65. The third kappa shape index (κ3) is 2.52. The maximum absolute atomic E-state index is 6.03. The Hall–Kier alpha value is -1.45. The number of methoxy groups -OCH3 is 1. The molecule has 96 valence electrons. The molecule has 0 bridgehead atoms. The molecule has 3 nitrogen and oxygen atoms in total. The van der Waals surface area contributed by atoms with Gasteiger partial charge in [-0.05, 0) is 36.8 Å². The van der Waals surface area contributed by atoms with Crippen molar-refractivity contribution in [2.45, 2.75) is 20.0 Å². The first-order valence-electron chi connectivity index (χ1n) is 5.82. The molecule has 1 aromatic carbocycles. The molecule has 0 unspecified atom stereocenters. The van der Waals surface area contributed by atoms with E-state index < -0.39 is 0 Å². The van der Waals surface area contributed by atoms with Crippen LogP contribution in [0.25, 0.3) is 0 Å². The maximum Gasteiger partial charge on any atom is 0.123 e. The van der Waals surface area contributed by atoms with E-state index in [0.717, 1.165) is 28.4 Å². The highest BCUT2D eigenvalue weighted by molar-refractivity contribution is 6.30. The molecule has 0 aliphatic carbocycles. The van der Waals surface area contributed by atoms with Crippen molar-refractivity contribution in [3.63, 3.8) is 0 Å². The second-order valence-corrected chi connectivity index (χ2v) is 4.65. The number of nitrogens with two attached hydrogens (primary N) is 1. The van der Waals surface area contributed by atoms with Crippen molar-refractivity contribution < 1.29 is 4.74 Å². The fourth-order valence-electron chi connectivity index (χ4n) is 2.04. The van der Waals surface area contributed by atoms with Crippen LogP contribution in [0, 0.1) is 6.92 Å². The van der Waals surface area contributed by atoms with Gasteiger partial charge in [0.15, 0.2) is 0 Å². The normalized spacial score (nSPS) is 10.7. The summed E-state index contributed by atoms with van der Waals surface area (Å²) >= 11 is 6.03. The van der Waals surface area contributed by atoms with Gasteiger partial charge < -0.3 is 15.0 Å². The Balaban J connectivity index is 2.33. The van der Waals surface area contributed by atoms with Crippen LogP contribution in [0.3, 0.4) is 0 Å². The fourth-order valence-corrected chi connectivity index (χ4v) is 2.23. The highest BCUT2D eigenvalue weighted by Crippen LogP contribution is 2.24. The predicted octanol–water partition coefficient (Wildman–Crippen LogP) is 2.97. The summed E-state index contributed by atoms with van der Waals surface area (Å²) in [6.45, 7) is 3.36. The average Bonchev–Trinajstić information content (AvgIpc) is 2.71. The molecule has 0 spiro atoms. The molecule has 0 saturated heterocycles.